The predicted octanol–water partition coefficient (Wildman–Crippen LogP) is 1.18. The number of benzene rings is 1. The van der Waals surface area contributed by atoms with Crippen molar-refractivity contribution in [3.05, 3.63) is 52.1 Å². The van der Waals surface area contributed by atoms with Crippen molar-refractivity contribution in [2.75, 3.05) is 46.8 Å². The van der Waals surface area contributed by atoms with E-state index in [0.717, 1.165) is 22.9 Å². The summed E-state index contributed by atoms with van der Waals surface area (Å²) in [5, 5.41) is 14.7. The molecule has 1 aromatic carbocycles. The van der Waals surface area contributed by atoms with Crippen LogP contribution < -0.4 is 21.3 Å². The van der Waals surface area contributed by atoms with E-state index in [1.807, 2.05) is 38.1 Å². The third-order valence-corrected chi connectivity index (χ3v) is 10.3. The van der Waals surface area contributed by atoms with Gasteiger partial charge in [-0.1, -0.05) is 32.0 Å². The van der Waals surface area contributed by atoms with Gasteiger partial charge >= 0.3 is 0 Å². The van der Waals surface area contributed by atoms with Gasteiger partial charge in [-0.05, 0) is 50.3 Å². The highest BCUT2D eigenvalue weighted by Crippen LogP contribution is 2.25. The first-order valence-electron chi connectivity index (χ1n) is 17.7. The topological polar surface area (TPSA) is 189 Å². The second-order valence-corrected chi connectivity index (χ2v) is 15.0. The number of carbonyl (C=O) groups is 6. The van der Waals surface area contributed by atoms with Crippen molar-refractivity contribution < 1.29 is 28.8 Å². The molecule has 2 aliphatic heterocycles. The van der Waals surface area contributed by atoms with Gasteiger partial charge in [0.05, 0.1) is 25.2 Å². The second kappa shape index (κ2) is 17.1. The summed E-state index contributed by atoms with van der Waals surface area (Å²) in [4.78, 5) is 93.1. The minimum absolute atomic E-state index is 0.0884. The summed E-state index contributed by atoms with van der Waals surface area (Å²) in [5.74, 6) is -2.50. The van der Waals surface area contributed by atoms with Crippen molar-refractivity contribution in [3.8, 4) is 0 Å². The third kappa shape index (κ3) is 9.53. The van der Waals surface area contributed by atoms with Gasteiger partial charge in [-0.15, -0.1) is 11.3 Å². The van der Waals surface area contributed by atoms with Crippen LogP contribution in [-0.2, 0) is 30.4 Å². The Morgan fingerprint density at radius 1 is 0.942 bits per heavy atom. The van der Waals surface area contributed by atoms with E-state index < -0.39 is 53.7 Å². The molecule has 15 nitrogen and oxygen atoms in total. The van der Waals surface area contributed by atoms with Gasteiger partial charge in [0, 0.05) is 56.1 Å². The summed E-state index contributed by atoms with van der Waals surface area (Å²) in [5.41, 5.74) is 1.76. The lowest BCUT2D eigenvalue weighted by Gasteiger charge is -2.29. The number of amides is 6. The largest absolute Gasteiger partial charge is 0.361 e. The van der Waals surface area contributed by atoms with E-state index in [2.05, 4.69) is 31.2 Å². The lowest BCUT2D eigenvalue weighted by molar-refractivity contribution is -0.140. The third-order valence-electron chi connectivity index (χ3n) is 9.39. The number of hydrogen-bond acceptors (Lipinski definition) is 9. The average Bonchev–Trinajstić information content (AvgIpc) is 3.90. The van der Waals surface area contributed by atoms with Crippen LogP contribution in [0.1, 0.15) is 67.1 Å². The number of nitrogens with zero attached hydrogens (tertiary/aromatic N) is 4. The van der Waals surface area contributed by atoms with Crippen molar-refractivity contribution in [3.63, 3.8) is 0 Å². The highest BCUT2D eigenvalue weighted by atomic mass is 32.1. The zero-order valence-electron chi connectivity index (χ0n) is 30.4. The highest BCUT2D eigenvalue weighted by molar-refractivity contribution is 7.09. The van der Waals surface area contributed by atoms with Crippen molar-refractivity contribution in [2.24, 2.45) is 5.92 Å². The number of hydrogen-bond donors (Lipinski definition) is 5. The van der Waals surface area contributed by atoms with Crippen molar-refractivity contribution in [1.82, 2.24) is 45.9 Å². The van der Waals surface area contributed by atoms with Crippen LogP contribution in [0.4, 0.5) is 0 Å². The summed E-state index contributed by atoms with van der Waals surface area (Å²) in [6.45, 7) is 5.90. The highest BCUT2D eigenvalue weighted by Gasteiger charge is 2.32. The number of aromatic amines is 1. The maximum Gasteiger partial charge on any atom is 0.271 e. The molecule has 4 atom stereocenters. The first-order chi connectivity index (χ1) is 24.8. The fourth-order valence-corrected chi connectivity index (χ4v) is 7.48. The van der Waals surface area contributed by atoms with Gasteiger partial charge in [0.15, 0.2) is 0 Å². The van der Waals surface area contributed by atoms with Crippen molar-refractivity contribution >= 4 is 57.7 Å². The number of fused-ring (bicyclic) bond motifs is 3. The van der Waals surface area contributed by atoms with Crippen LogP contribution in [0.25, 0.3) is 10.9 Å². The summed E-state index contributed by atoms with van der Waals surface area (Å²) in [6, 6.07) is 4.67. The van der Waals surface area contributed by atoms with E-state index in [9.17, 15) is 28.8 Å². The number of likely N-dealkylation sites (N-methyl/N-ethyl adjacent to an activating group) is 2. The number of aromatic nitrogens is 2. The Morgan fingerprint density at radius 2 is 1.69 bits per heavy atom. The van der Waals surface area contributed by atoms with Gasteiger partial charge in [0.25, 0.3) is 5.91 Å². The van der Waals surface area contributed by atoms with Crippen LogP contribution in [0.15, 0.2) is 35.8 Å². The van der Waals surface area contributed by atoms with E-state index in [4.69, 9.17) is 0 Å². The van der Waals surface area contributed by atoms with Crippen LogP contribution in [0.3, 0.4) is 0 Å². The maximum atomic E-state index is 13.9. The second-order valence-electron chi connectivity index (χ2n) is 14.1. The predicted molar refractivity (Wildman–Crippen MR) is 196 cm³/mol. The molecule has 0 radical (unpaired) electrons. The number of para-hydroxylation sites is 1. The molecule has 2 aromatic heterocycles. The molecule has 16 heteroatoms. The molecular formula is C36H49N9O6S. The Labute approximate surface area is 307 Å². The fourth-order valence-electron chi connectivity index (χ4n) is 6.61. The summed E-state index contributed by atoms with van der Waals surface area (Å²) in [6.07, 6.45) is 3.94. The first kappa shape index (κ1) is 38.4. The van der Waals surface area contributed by atoms with Gasteiger partial charge in [-0.25, -0.2) is 4.98 Å². The standard InChI is InChI=1S/C36H49N9O6S/c1-21(2)15-27-33-42-29(20-52-33)32(48)41-28(16-23-17-38-25-10-7-6-9-24(23)25)35(50)44(5)18-30(46)39-22(3)34(49)43(4)13-14-45(19-31(47)40-27)36(51)26-11-8-12-37-26/h6-7,9-10,17,20-22,26-28,37-38H,8,11-16,18-19H2,1-5H3,(H,39,46)(H,40,47)(H,41,48)/t22-,26+,27-,28+/m0/s1. The lowest BCUT2D eigenvalue weighted by Crippen LogP contribution is -2.53. The summed E-state index contributed by atoms with van der Waals surface area (Å²) < 4.78 is 0. The van der Waals surface area contributed by atoms with Gasteiger partial charge < -0.3 is 41.0 Å². The van der Waals surface area contributed by atoms with E-state index in [-0.39, 0.29) is 50.1 Å². The molecule has 2 bridgehead atoms. The Balaban J connectivity index is 1.45. The summed E-state index contributed by atoms with van der Waals surface area (Å²) >= 11 is 1.22. The van der Waals surface area contributed by atoms with Crippen LogP contribution in [-0.4, -0.2) is 125 Å². The Kier molecular flexibility index (Phi) is 12.6. The lowest BCUT2D eigenvalue weighted by atomic mass is 10.0. The Hall–Kier alpha value is -4.83. The SMILES string of the molecule is CC(C)C[C@@H]1NC(=O)CN(C(=O)[C@H]2CCCN2)CCN(C)C(=O)[C@H](C)NC(=O)CN(C)C(=O)[C@@H](Cc2c[nH]c3ccccc23)NC(=O)c2csc1n2. The molecule has 0 spiro atoms. The van der Waals surface area contributed by atoms with Gasteiger partial charge in [0.2, 0.25) is 29.5 Å². The number of carbonyl (C=O) groups excluding carboxylic acids is 6. The van der Waals surface area contributed by atoms with Gasteiger partial charge in [-0.3, -0.25) is 28.8 Å². The molecule has 2 aliphatic rings. The molecule has 0 aliphatic carbocycles. The van der Waals surface area contributed by atoms with E-state index in [0.29, 0.717) is 24.4 Å². The molecule has 5 N–H and O–H groups in total. The molecule has 280 valence electrons. The number of nitrogens with one attached hydrogen (secondary N) is 5. The monoisotopic (exact) mass is 735 g/mol. The minimum Gasteiger partial charge on any atom is -0.361 e. The molecule has 1 fully saturated rings. The van der Waals surface area contributed by atoms with Crippen LogP contribution >= 0.6 is 11.3 Å². The van der Waals surface area contributed by atoms with Crippen LogP contribution in [0.2, 0.25) is 0 Å². The molecule has 1 saturated heterocycles. The first-order valence-corrected chi connectivity index (χ1v) is 18.6. The fraction of sp³-hybridized carbons (Fsp3) is 0.528. The normalized spacial score (nSPS) is 23.4. The molecule has 3 aromatic rings. The minimum atomic E-state index is -1.06. The average molecular weight is 736 g/mol. The van der Waals surface area contributed by atoms with E-state index >= 15 is 0 Å². The molecule has 52 heavy (non-hydrogen) atoms. The molecule has 6 amide bonds. The van der Waals surface area contributed by atoms with Crippen molar-refractivity contribution in [2.45, 2.75) is 70.6 Å². The molecule has 5 rings (SSSR count). The van der Waals surface area contributed by atoms with Crippen molar-refractivity contribution in [1.29, 1.82) is 0 Å². The number of H-pyrrole nitrogens is 1. The molecule has 4 heterocycles. The van der Waals surface area contributed by atoms with Gasteiger partial charge in [-0.2, -0.15) is 0 Å². The maximum absolute atomic E-state index is 13.9. The van der Waals surface area contributed by atoms with E-state index in [1.54, 1.807) is 25.5 Å². The molecule has 0 unspecified atom stereocenters. The molecule has 0 saturated carbocycles. The zero-order valence-corrected chi connectivity index (χ0v) is 31.2. The van der Waals surface area contributed by atoms with Crippen LogP contribution in [0, 0.1) is 5.92 Å². The molecular weight excluding hydrogens is 687 g/mol. The quantitative estimate of drug-likeness (QED) is 0.258. The number of thiazole rings is 1. The summed E-state index contributed by atoms with van der Waals surface area (Å²) in [7, 11) is 3.04. The zero-order chi connectivity index (χ0) is 37.5. The van der Waals surface area contributed by atoms with Crippen LogP contribution in [0.5, 0.6) is 0 Å². The Morgan fingerprint density at radius 3 is 2.42 bits per heavy atom. The Bertz CT molecular complexity index is 1780. The smallest absolute Gasteiger partial charge is 0.271 e. The van der Waals surface area contributed by atoms with Gasteiger partial charge in [0.1, 0.15) is 22.8 Å². The number of rotatable bonds is 5. The van der Waals surface area contributed by atoms with E-state index in [1.165, 1.54) is 33.1 Å².